The maximum absolute atomic E-state index is 14.1. The van der Waals surface area contributed by atoms with Crippen molar-refractivity contribution in [2.24, 2.45) is 5.92 Å². The number of imide groups is 1. The summed E-state index contributed by atoms with van der Waals surface area (Å²) in [5, 5.41) is 4.12. The Kier molecular flexibility index (Phi) is 7.85. The molecule has 0 saturated carbocycles. The highest BCUT2D eigenvalue weighted by Gasteiger charge is 2.57. The number of alkyl halides is 3. The molecule has 2 unspecified atom stereocenters. The Morgan fingerprint density at radius 3 is 2.47 bits per heavy atom. The average molecular weight is 696 g/mol. The SMILES string of the molecule is O=C(COc1ccc(Cl)cc1[C@H]1c2sc(=O)[nH]c2SC2C(=O)N(c3ccccc3C(F)(F)F)C(=O)C21)Nc1ccc2ccccc2c1. The van der Waals surface area contributed by atoms with Crippen molar-refractivity contribution in [2.45, 2.75) is 22.4 Å². The Bertz CT molecular complexity index is 2150. The van der Waals surface area contributed by atoms with Gasteiger partial charge in [-0.2, -0.15) is 13.2 Å². The second-order valence-corrected chi connectivity index (χ2v) is 13.5. The molecule has 0 spiro atoms. The lowest BCUT2D eigenvalue weighted by molar-refractivity contribution is -0.137. The first-order valence-corrected chi connectivity index (χ1v) is 16.2. The third-order valence-corrected chi connectivity index (χ3v) is 10.6. The standard InChI is InChI=1S/C33H21ClF3N3O5S2/c34-18-10-12-23(45-15-24(41)38-19-11-9-16-5-1-2-6-17(16)13-19)20(14-18)25-26-28(46-29-27(25)47-32(44)39-29)31(43)40(30(26)42)22-8-4-3-7-21(22)33(35,36)37/h1-14,25-26,28H,15H2,(H,38,41)(H,39,44)/t25-,26?,28?/m1/s1. The number of thiazole rings is 1. The minimum absolute atomic E-state index is 0.153. The molecule has 238 valence electrons. The first-order chi connectivity index (χ1) is 22.5. The van der Waals surface area contributed by atoms with Crippen LogP contribution in [0.1, 0.15) is 21.9 Å². The number of ether oxygens (including phenoxy) is 1. The van der Waals surface area contributed by atoms with Crippen molar-refractivity contribution in [3.63, 3.8) is 0 Å². The van der Waals surface area contributed by atoms with Gasteiger partial charge >= 0.3 is 11.0 Å². The molecule has 0 aliphatic carbocycles. The number of thioether (sulfide) groups is 1. The molecule has 3 atom stereocenters. The van der Waals surface area contributed by atoms with Crippen molar-refractivity contribution in [1.29, 1.82) is 0 Å². The van der Waals surface area contributed by atoms with Crippen LogP contribution in [-0.2, 0) is 20.6 Å². The molecule has 0 radical (unpaired) electrons. The molecule has 8 nitrogen and oxygen atoms in total. The molecule has 2 aliphatic rings. The Labute approximate surface area is 277 Å². The molecule has 7 rings (SSSR count). The maximum atomic E-state index is 14.1. The molecule has 0 bridgehead atoms. The molecule has 47 heavy (non-hydrogen) atoms. The van der Waals surface area contributed by atoms with Crippen LogP contribution in [0, 0.1) is 5.92 Å². The van der Waals surface area contributed by atoms with Gasteiger partial charge in [0.1, 0.15) is 11.0 Å². The monoisotopic (exact) mass is 695 g/mol. The number of anilines is 2. The van der Waals surface area contributed by atoms with E-state index in [2.05, 4.69) is 10.3 Å². The number of rotatable bonds is 6. The topological polar surface area (TPSA) is 109 Å². The maximum Gasteiger partial charge on any atom is 0.418 e. The number of H-pyrrole nitrogens is 1. The fourth-order valence-electron chi connectivity index (χ4n) is 6.00. The van der Waals surface area contributed by atoms with Crippen LogP contribution in [0.15, 0.2) is 94.7 Å². The number of nitrogens with one attached hydrogen (secondary N) is 2. The summed E-state index contributed by atoms with van der Waals surface area (Å²) < 4.78 is 47.9. The van der Waals surface area contributed by atoms with Gasteiger partial charge in [0.25, 0.3) is 5.91 Å². The van der Waals surface area contributed by atoms with Crippen molar-refractivity contribution in [1.82, 2.24) is 4.98 Å². The number of fused-ring (bicyclic) bond motifs is 3. The normalized spacial score (nSPS) is 19.1. The van der Waals surface area contributed by atoms with Crippen molar-refractivity contribution < 1.29 is 32.3 Å². The second kappa shape index (κ2) is 11.9. The van der Waals surface area contributed by atoms with E-state index in [1.807, 2.05) is 36.4 Å². The quantitative estimate of drug-likeness (QED) is 0.184. The number of benzene rings is 4. The minimum Gasteiger partial charge on any atom is -0.483 e. The van der Waals surface area contributed by atoms with Crippen molar-refractivity contribution in [3.8, 4) is 5.75 Å². The van der Waals surface area contributed by atoms with Crippen LogP contribution in [0.5, 0.6) is 5.75 Å². The molecule has 2 aliphatic heterocycles. The molecule has 2 N–H and O–H groups in total. The van der Waals surface area contributed by atoms with Gasteiger partial charge in [0.15, 0.2) is 6.61 Å². The van der Waals surface area contributed by atoms with Crippen LogP contribution >= 0.6 is 34.7 Å². The van der Waals surface area contributed by atoms with Crippen LogP contribution in [0.3, 0.4) is 0 Å². The molecule has 1 aromatic heterocycles. The Morgan fingerprint density at radius 2 is 1.68 bits per heavy atom. The third kappa shape index (κ3) is 5.68. The highest BCUT2D eigenvalue weighted by molar-refractivity contribution is 8.00. The highest BCUT2D eigenvalue weighted by Crippen LogP contribution is 2.55. The van der Waals surface area contributed by atoms with Crippen molar-refractivity contribution in [2.75, 3.05) is 16.8 Å². The van der Waals surface area contributed by atoms with Gasteiger partial charge in [0.2, 0.25) is 11.8 Å². The van der Waals surface area contributed by atoms with E-state index < -0.39 is 63.7 Å². The number of carbonyl (C=O) groups excluding carboxylic acids is 3. The fourth-order valence-corrected chi connectivity index (χ4v) is 8.69. The lowest BCUT2D eigenvalue weighted by Gasteiger charge is -2.31. The predicted molar refractivity (Wildman–Crippen MR) is 173 cm³/mol. The van der Waals surface area contributed by atoms with Gasteiger partial charge in [-0.15, -0.1) is 0 Å². The van der Waals surface area contributed by atoms with E-state index in [0.29, 0.717) is 26.1 Å². The van der Waals surface area contributed by atoms with Gasteiger partial charge in [0, 0.05) is 27.1 Å². The lowest BCUT2D eigenvalue weighted by atomic mass is 9.82. The van der Waals surface area contributed by atoms with E-state index in [0.717, 1.165) is 46.0 Å². The van der Waals surface area contributed by atoms with E-state index >= 15 is 0 Å². The summed E-state index contributed by atoms with van der Waals surface area (Å²) in [5.41, 5.74) is -0.852. The Balaban J connectivity index is 1.23. The van der Waals surface area contributed by atoms with Crippen LogP contribution in [0.4, 0.5) is 24.5 Å². The minimum atomic E-state index is -4.83. The second-order valence-electron chi connectivity index (χ2n) is 10.9. The number of hydrogen-bond acceptors (Lipinski definition) is 7. The first-order valence-electron chi connectivity index (χ1n) is 14.1. The number of aromatic nitrogens is 1. The smallest absolute Gasteiger partial charge is 0.418 e. The first kappa shape index (κ1) is 31.0. The fraction of sp³-hybridized carbons (Fsp3) is 0.152. The zero-order chi connectivity index (χ0) is 33.0. The number of hydrogen-bond donors (Lipinski definition) is 2. The molecule has 1 saturated heterocycles. The van der Waals surface area contributed by atoms with E-state index in [1.54, 1.807) is 6.07 Å². The van der Waals surface area contributed by atoms with E-state index in [9.17, 15) is 32.3 Å². The molecule has 5 aromatic rings. The number of amides is 3. The third-order valence-electron chi connectivity index (χ3n) is 7.97. The summed E-state index contributed by atoms with van der Waals surface area (Å²) in [4.78, 5) is 56.6. The Morgan fingerprint density at radius 1 is 0.936 bits per heavy atom. The summed E-state index contributed by atoms with van der Waals surface area (Å²) in [6, 6.07) is 22.0. The van der Waals surface area contributed by atoms with Crippen LogP contribution in [0.2, 0.25) is 5.02 Å². The molecule has 3 heterocycles. The summed E-state index contributed by atoms with van der Waals surface area (Å²) in [5.74, 6) is -4.24. The molecule has 4 aromatic carbocycles. The van der Waals surface area contributed by atoms with E-state index in [-0.39, 0.29) is 10.8 Å². The van der Waals surface area contributed by atoms with Crippen LogP contribution in [-0.4, -0.2) is 34.6 Å². The van der Waals surface area contributed by atoms with Crippen molar-refractivity contribution >= 4 is 74.6 Å². The predicted octanol–water partition coefficient (Wildman–Crippen LogP) is 7.08. The Hall–Kier alpha value is -4.59. The molecule has 3 amide bonds. The number of halogens is 4. The zero-order valence-electron chi connectivity index (χ0n) is 23.8. The van der Waals surface area contributed by atoms with E-state index in [4.69, 9.17) is 16.3 Å². The largest absolute Gasteiger partial charge is 0.483 e. The van der Waals surface area contributed by atoms with Crippen LogP contribution < -0.4 is 19.8 Å². The van der Waals surface area contributed by atoms with Gasteiger partial charge in [-0.1, -0.05) is 77.2 Å². The molecular formula is C33H21ClF3N3O5S2. The highest BCUT2D eigenvalue weighted by atomic mass is 35.5. The summed E-state index contributed by atoms with van der Waals surface area (Å²) in [7, 11) is 0. The molecule has 1 fully saturated rings. The number of nitrogens with zero attached hydrogens (tertiary/aromatic N) is 1. The molecular weight excluding hydrogens is 675 g/mol. The van der Waals surface area contributed by atoms with Gasteiger partial charge in [0.05, 0.1) is 22.2 Å². The zero-order valence-corrected chi connectivity index (χ0v) is 26.2. The average Bonchev–Trinajstić information content (AvgIpc) is 3.53. The number of aromatic amines is 1. The van der Waals surface area contributed by atoms with E-state index in [1.165, 1.54) is 30.3 Å². The van der Waals surface area contributed by atoms with Gasteiger partial charge in [-0.05, 0) is 53.2 Å². The summed E-state index contributed by atoms with van der Waals surface area (Å²) in [6.07, 6.45) is -4.83. The van der Waals surface area contributed by atoms with Crippen LogP contribution in [0.25, 0.3) is 10.8 Å². The lowest BCUT2D eigenvalue weighted by Crippen LogP contribution is -2.33. The van der Waals surface area contributed by atoms with Crippen molar-refractivity contribution in [3.05, 3.63) is 116 Å². The van der Waals surface area contributed by atoms with Gasteiger partial charge < -0.3 is 15.0 Å². The van der Waals surface area contributed by atoms with Gasteiger partial charge in [-0.25, -0.2) is 4.90 Å². The van der Waals surface area contributed by atoms with Gasteiger partial charge in [-0.3, -0.25) is 19.2 Å². The number of para-hydroxylation sites is 1. The summed E-state index contributed by atoms with van der Waals surface area (Å²) >= 11 is 8.14. The summed E-state index contributed by atoms with van der Waals surface area (Å²) in [6.45, 7) is -0.439. The molecule has 14 heteroatoms. The number of carbonyl (C=O) groups is 3.